The van der Waals surface area contributed by atoms with E-state index in [-0.39, 0.29) is 11.9 Å². The van der Waals surface area contributed by atoms with Crippen LogP contribution in [0.1, 0.15) is 40.6 Å². The summed E-state index contributed by atoms with van der Waals surface area (Å²) in [6, 6.07) is 14.8. The summed E-state index contributed by atoms with van der Waals surface area (Å²) in [5, 5.41) is 2.92. The molecule has 2 aliphatic rings. The van der Waals surface area contributed by atoms with Gasteiger partial charge in [-0.25, -0.2) is 0 Å². The van der Waals surface area contributed by atoms with Crippen LogP contribution in [-0.2, 0) is 17.6 Å². The van der Waals surface area contributed by atoms with Gasteiger partial charge in [-0.1, -0.05) is 36.4 Å². The molecule has 2 aromatic carbocycles. The van der Waals surface area contributed by atoms with Gasteiger partial charge in [0.25, 0.3) is 0 Å². The highest BCUT2D eigenvalue weighted by Gasteiger charge is 2.31. The second-order valence-corrected chi connectivity index (χ2v) is 6.00. The number of carbonyl (C=O) groups excluding carboxylic acids is 1. The topological polar surface area (TPSA) is 55.1 Å². The molecule has 4 rings (SSSR count). The molecule has 2 aromatic rings. The maximum Gasteiger partial charge on any atom is 0.224 e. The molecule has 0 saturated carbocycles. The number of hydrogen-bond donors (Lipinski definition) is 2. The lowest BCUT2D eigenvalue weighted by molar-refractivity contribution is -0.116. The van der Waals surface area contributed by atoms with Crippen molar-refractivity contribution in [1.82, 2.24) is 0 Å². The van der Waals surface area contributed by atoms with Gasteiger partial charge in [0.05, 0.1) is 0 Å². The predicted octanol–water partition coefficient (Wildman–Crippen LogP) is 2.91. The highest BCUT2D eigenvalue weighted by molar-refractivity contribution is 5.93. The van der Waals surface area contributed by atoms with Crippen molar-refractivity contribution in [2.45, 2.75) is 31.2 Å². The second-order valence-electron chi connectivity index (χ2n) is 6.00. The number of benzene rings is 2. The molecule has 21 heavy (non-hydrogen) atoms. The first-order valence-electron chi connectivity index (χ1n) is 7.48. The van der Waals surface area contributed by atoms with Gasteiger partial charge in [0.2, 0.25) is 5.91 Å². The molecule has 3 heteroatoms. The second kappa shape index (κ2) is 4.71. The Morgan fingerprint density at radius 3 is 2.81 bits per heavy atom. The van der Waals surface area contributed by atoms with Crippen LogP contribution < -0.4 is 11.1 Å². The molecule has 0 saturated heterocycles. The molecule has 0 bridgehead atoms. The van der Waals surface area contributed by atoms with Crippen LogP contribution in [0.2, 0.25) is 0 Å². The van der Waals surface area contributed by atoms with Crippen molar-refractivity contribution >= 4 is 11.6 Å². The molecule has 1 aliphatic heterocycles. The summed E-state index contributed by atoms with van der Waals surface area (Å²) in [7, 11) is 0. The van der Waals surface area contributed by atoms with Crippen LogP contribution in [0.25, 0.3) is 0 Å². The highest BCUT2D eigenvalue weighted by atomic mass is 16.1. The van der Waals surface area contributed by atoms with Crippen molar-refractivity contribution in [1.29, 1.82) is 0 Å². The molecular weight excluding hydrogens is 260 g/mol. The van der Waals surface area contributed by atoms with Crippen molar-refractivity contribution in [2.75, 3.05) is 5.32 Å². The average Bonchev–Trinajstić information content (AvgIpc) is 2.48. The number of nitrogens with two attached hydrogens (primary N) is 1. The number of fused-ring (bicyclic) bond motifs is 2. The van der Waals surface area contributed by atoms with E-state index in [0.29, 0.717) is 12.3 Å². The molecule has 3 N–H and O–H groups in total. The third-order valence-electron chi connectivity index (χ3n) is 4.74. The smallest absolute Gasteiger partial charge is 0.224 e. The average molecular weight is 278 g/mol. The van der Waals surface area contributed by atoms with Crippen LogP contribution in [0.15, 0.2) is 42.5 Å². The van der Waals surface area contributed by atoms with E-state index in [0.717, 1.165) is 18.5 Å². The number of hydrogen-bond acceptors (Lipinski definition) is 2. The van der Waals surface area contributed by atoms with Gasteiger partial charge in [-0.2, -0.15) is 0 Å². The Morgan fingerprint density at radius 2 is 1.95 bits per heavy atom. The Morgan fingerprint density at radius 1 is 1.10 bits per heavy atom. The Kier molecular flexibility index (Phi) is 2.82. The van der Waals surface area contributed by atoms with Gasteiger partial charge in [0.15, 0.2) is 0 Å². The molecule has 0 radical (unpaired) electrons. The van der Waals surface area contributed by atoms with E-state index in [2.05, 4.69) is 41.7 Å². The molecule has 1 amide bonds. The zero-order valence-corrected chi connectivity index (χ0v) is 11.8. The molecule has 3 nitrogen and oxygen atoms in total. The summed E-state index contributed by atoms with van der Waals surface area (Å²) >= 11 is 0. The fourth-order valence-electron chi connectivity index (χ4n) is 3.46. The Balaban J connectivity index is 1.61. The number of aryl methyl sites for hydroxylation is 1. The summed E-state index contributed by atoms with van der Waals surface area (Å²) in [6.45, 7) is 0. The largest absolute Gasteiger partial charge is 0.326 e. The van der Waals surface area contributed by atoms with E-state index in [1.165, 1.54) is 22.3 Å². The number of rotatable bonds is 2. The monoisotopic (exact) mass is 278 g/mol. The third-order valence-corrected chi connectivity index (χ3v) is 4.74. The summed E-state index contributed by atoms with van der Waals surface area (Å²) in [4.78, 5) is 11.4. The van der Waals surface area contributed by atoms with Crippen LogP contribution >= 0.6 is 0 Å². The van der Waals surface area contributed by atoms with E-state index in [1.54, 1.807) is 0 Å². The van der Waals surface area contributed by atoms with Crippen LogP contribution in [0.3, 0.4) is 0 Å². The molecule has 1 aliphatic carbocycles. The predicted molar refractivity (Wildman–Crippen MR) is 83.2 cm³/mol. The summed E-state index contributed by atoms with van der Waals surface area (Å²) in [5.41, 5.74) is 12.6. The first-order chi connectivity index (χ1) is 10.2. The number of anilines is 1. The lowest BCUT2D eigenvalue weighted by atomic mass is 9.72. The lowest BCUT2D eigenvalue weighted by Crippen LogP contribution is -2.29. The molecule has 0 fully saturated rings. The van der Waals surface area contributed by atoms with E-state index in [9.17, 15) is 4.79 Å². The van der Waals surface area contributed by atoms with Gasteiger partial charge in [0.1, 0.15) is 0 Å². The van der Waals surface area contributed by atoms with Crippen molar-refractivity contribution in [2.24, 2.45) is 5.73 Å². The van der Waals surface area contributed by atoms with Gasteiger partial charge in [-0.3, -0.25) is 4.79 Å². The van der Waals surface area contributed by atoms with Crippen molar-refractivity contribution in [3.63, 3.8) is 0 Å². The van der Waals surface area contributed by atoms with Crippen LogP contribution in [0.5, 0.6) is 0 Å². The van der Waals surface area contributed by atoms with E-state index < -0.39 is 0 Å². The Bertz CT molecular complexity index is 723. The normalized spacial score (nSPS) is 20.8. The van der Waals surface area contributed by atoms with Gasteiger partial charge >= 0.3 is 0 Å². The molecule has 2 atom stereocenters. The fraction of sp³-hybridized carbons (Fsp3) is 0.278. The van der Waals surface area contributed by atoms with Crippen molar-refractivity contribution in [3.8, 4) is 0 Å². The number of nitrogens with one attached hydrogen (secondary N) is 1. The van der Waals surface area contributed by atoms with Crippen molar-refractivity contribution < 1.29 is 4.79 Å². The molecule has 0 spiro atoms. The zero-order chi connectivity index (χ0) is 14.4. The molecule has 2 unspecified atom stereocenters. The Labute approximate surface area is 124 Å². The zero-order valence-electron chi connectivity index (χ0n) is 11.8. The quantitative estimate of drug-likeness (QED) is 0.887. The maximum atomic E-state index is 11.4. The van der Waals surface area contributed by atoms with Crippen LogP contribution in [0, 0.1) is 0 Å². The Hall–Kier alpha value is -2.13. The summed E-state index contributed by atoms with van der Waals surface area (Å²) in [6.07, 6.45) is 2.44. The number of amides is 1. The first-order valence-corrected chi connectivity index (χ1v) is 7.48. The minimum absolute atomic E-state index is 0.0304. The van der Waals surface area contributed by atoms with Crippen LogP contribution in [0.4, 0.5) is 5.69 Å². The standard InChI is InChI=1S/C18H18N2O/c19-18(15-10-11-3-1-2-4-14(11)15)13-5-7-16-12(9-13)6-8-17(21)20-16/h1-5,7,9,15,18H,6,8,10,19H2,(H,20,21). The molecule has 0 aromatic heterocycles. The number of carbonyl (C=O) groups is 1. The highest BCUT2D eigenvalue weighted by Crippen LogP contribution is 2.42. The van der Waals surface area contributed by atoms with Gasteiger partial charge in [-0.15, -0.1) is 0 Å². The fourth-order valence-corrected chi connectivity index (χ4v) is 3.46. The SMILES string of the molecule is NC(c1ccc2c(c1)CCC(=O)N2)C1Cc2ccccc21. The van der Waals surface area contributed by atoms with E-state index in [4.69, 9.17) is 5.73 Å². The van der Waals surface area contributed by atoms with Gasteiger partial charge < -0.3 is 11.1 Å². The van der Waals surface area contributed by atoms with Gasteiger partial charge in [0, 0.05) is 24.1 Å². The van der Waals surface area contributed by atoms with E-state index in [1.807, 2.05) is 6.07 Å². The van der Waals surface area contributed by atoms with Crippen molar-refractivity contribution in [3.05, 3.63) is 64.7 Å². The summed E-state index contributed by atoms with van der Waals surface area (Å²) in [5.74, 6) is 0.518. The maximum absolute atomic E-state index is 11.4. The minimum Gasteiger partial charge on any atom is -0.326 e. The molecular formula is C18H18N2O. The minimum atomic E-state index is 0.0304. The van der Waals surface area contributed by atoms with E-state index >= 15 is 0 Å². The first kappa shape index (κ1) is 12.6. The molecule has 106 valence electrons. The third kappa shape index (κ3) is 2.05. The molecule has 1 heterocycles. The van der Waals surface area contributed by atoms with Crippen LogP contribution in [-0.4, -0.2) is 5.91 Å². The van der Waals surface area contributed by atoms with Gasteiger partial charge in [-0.05, 0) is 41.2 Å². The summed E-state index contributed by atoms with van der Waals surface area (Å²) < 4.78 is 0. The lowest BCUT2D eigenvalue weighted by Gasteiger charge is -2.35.